The van der Waals surface area contributed by atoms with Crippen molar-refractivity contribution in [1.29, 1.82) is 0 Å². The molecule has 0 radical (unpaired) electrons. The lowest BCUT2D eigenvalue weighted by Gasteiger charge is -2.25. The van der Waals surface area contributed by atoms with Crippen LogP contribution in [0.4, 0.5) is 5.13 Å². The molecule has 0 saturated carbocycles. The van der Waals surface area contributed by atoms with Gasteiger partial charge in [-0.1, -0.05) is 36.4 Å². The molecule has 1 saturated heterocycles. The summed E-state index contributed by atoms with van der Waals surface area (Å²) in [7, 11) is -3.57. The van der Waals surface area contributed by atoms with Crippen molar-refractivity contribution in [2.75, 3.05) is 24.2 Å². The van der Waals surface area contributed by atoms with Gasteiger partial charge in [-0.05, 0) is 49.2 Å². The second kappa shape index (κ2) is 12.7. The van der Waals surface area contributed by atoms with Crippen molar-refractivity contribution in [3.05, 3.63) is 77.6 Å². The summed E-state index contributed by atoms with van der Waals surface area (Å²) in [6, 6.07) is 15.4. The molecule has 40 heavy (non-hydrogen) atoms. The van der Waals surface area contributed by atoms with Gasteiger partial charge in [-0.2, -0.15) is 4.31 Å². The largest absolute Gasteiger partial charge is 0.345 e. The fourth-order valence-corrected chi connectivity index (χ4v) is 7.04. The molecule has 1 fully saturated rings. The number of anilines is 1. The maximum atomic E-state index is 12.9. The number of aromatic nitrogens is 4. The van der Waals surface area contributed by atoms with Crippen LogP contribution >= 0.6 is 23.1 Å². The number of amides is 2. The molecule has 0 bridgehead atoms. The van der Waals surface area contributed by atoms with Gasteiger partial charge < -0.3 is 10.6 Å². The Morgan fingerprint density at radius 1 is 0.975 bits per heavy atom. The molecule has 0 unspecified atom stereocenters. The molecule has 2 amide bonds. The van der Waals surface area contributed by atoms with Gasteiger partial charge in [-0.15, -0.1) is 21.5 Å². The van der Waals surface area contributed by atoms with Gasteiger partial charge >= 0.3 is 0 Å². The van der Waals surface area contributed by atoms with Crippen molar-refractivity contribution >= 4 is 50.1 Å². The summed E-state index contributed by atoms with van der Waals surface area (Å²) in [5, 5.41) is 16.9. The van der Waals surface area contributed by atoms with E-state index in [1.807, 2.05) is 30.3 Å². The number of thioether (sulfide) groups is 1. The normalized spacial score (nSPS) is 14.1. The van der Waals surface area contributed by atoms with Gasteiger partial charge in [0.2, 0.25) is 15.9 Å². The van der Waals surface area contributed by atoms with Crippen LogP contribution in [0.3, 0.4) is 0 Å². The predicted molar refractivity (Wildman–Crippen MR) is 153 cm³/mol. The van der Waals surface area contributed by atoms with E-state index in [0.717, 1.165) is 24.9 Å². The number of nitrogens with one attached hydrogen (secondary N) is 2. The number of benzene rings is 2. The van der Waals surface area contributed by atoms with Gasteiger partial charge in [0, 0.05) is 35.9 Å². The van der Waals surface area contributed by atoms with Crippen LogP contribution in [0.25, 0.3) is 5.69 Å². The highest BCUT2D eigenvalue weighted by molar-refractivity contribution is 7.99. The van der Waals surface area contributed by atoms with Crippen LogP contribution in [0, 0.1) is 0 Å². The third-order valence-corrected chi connectivity index (χ3v) is 9.73. The first kappa shape index (κ1) is 28.0. The number of rotatable bonds is 10. The lowest BCUT2D eigenvalue weighted by Crippen LogP contribution is -2.35. The molecule has 14 heteroatoms. The van der Waals surface area contributed by atoms with Gasteiger partial charge in [-0.3, -0.25) is 14.2 Å². The molecule has 2 aromatic heterocycles. The van der Waals surface area contributed by atoms with Crippen LogP contribution in [0.5, 0.6) is 0 Å². The topological polar surface area (TPSA) is 139 Å². The Bertz CT molecular complexity index is 1550. The Kier molecular flexibility index (Phi) is 8.89. The molecule has 2 N–H and O–H groups in total. The van der Waals surface area contributed by atoms with Crippen LogP contribution < -0.4 is 10.6 Å². The van der Waals surface area contributed by atoms with Gasteiger partial charge in [-0.25, -0.2) is 13.4 Å². The van der Waals surface area contributed by atoms with E-state index >= 15 is 0 Å². The van der Waals surface area contributed by atoms with Crippen molar-refractivity contribution in [1.82, 2.24) is 29.4 Å². The second-order valence-electron chi connectivity index (χ2n) is 8.92. The fraction of sp³-hybridized carbons (Fsp3) is 0.269. The second-order valence-corrected chi connectivity index (χ2v) is 12.7. The molecule has 0 spiro atoms. The summed E-state index contributed by atoms with van der Waals surface area (Å²) in [4.78, 5) is 29.5. The molecule has 5 rings (SSSR count). The van der Waals surface area contributed by atoms with Gasteiger partial charge in [0.25, 0.3) is 5.91 Å². The van der Waals surface area contributed by atoms with E-state index in [0.29, 0.717) is 34.8 Å². The van der Waals surface area contributed by atoms with E-state index in [1.54, 1.807) is 16.1 Å². The molecule has 0 aliphatic carbocycles. The van der Waals surface area contributed by atoms with Gasteiger partial charge in [0.05, 0.1) is 17.2 Å². The van der Waals surface area contributed by atoms with Crippen LogP contribution in [0.1, 0.15) is 35.4 Å². The zero-order valence-electron chi connectivity index (χ0n) is 21.4. The molecule has 3 heterocycles. The van der Waals surface area contributed by atoms with E-state index in [2.05, 4.69) is 25.8 Å². The van der Waals surface area contributed by atoms with Crippen molar-refractivity contribution in [2.45, 2.75) is 35.9 Å². The molecule has 4 aromatic rings. The number of carbonyl (C=O) groups excluding carboxylic acids is 2. The number of thiazole rings is 1. The van der Waals surface area contributed by atoms with Gasteiger partial charge in [0.1, 0.15) is 0 Å². The Morgan fingerprint density at radius 2 is 1.73 bits per heavy atom. The Labute approximate surface area is 240 Å². The van der Waals surface area contributed by atoms with Crippen molar-refractivity contribution in [3.63, 3.8) is 0 Å². The number of sulfonamides is 1. The molecule has 11 nitrogen and oxygen atoms in total. The minimum Gasteiger partial charge on any atom is -0.345 e. The van der Waals surface area contributed by atoms with Crippen LogP contribution in [0.2, 0.25) is 0 Å². The summed E-state index contributed by atoms with van der Waals surface area (Å²) in [5.74, 6) is -0.0137. The Morgan fingerprint density at radius 3 is 2.42 bits per heavy atom. The highest BCUT2D eigenvalue weighted by Crippen LogP contribution is 2.23. The van der Waals surface area contributed by atoms with Gasteiger partial charge in [0.15, 0.2) is 16.1 Å². The minimum atomic E-state index is -3.57. The van der Waals surface area contributed by atoms with E-state index in [1.165, 1.54) is 51.7 Å². The molecular formula is C26H27N7O4S3. The number of hydrogen-bond acceptors (Lipinski definition) is 9. The molecule has 0 atom stereocenters. The number of para-hydroxylation sites is 1. The average molecular weight is 598 g/mol. The number of hydrogen-bond donors (Lipinski definition) is 2. The SMILES string of the molecule is O=C(CSc1nnc(CNC(=O)c2ccc(S(=O)(=O)N3CCCCC3)cc2)n1-c1ccccc1)Nc1nccs1. The summed E-state index contributed by atoms with van der Waals surface area (Å²) < 4.78 is 29.1. The van der Waals surface area contributed by atoms with E-state index in [-0.39, 0.29) is 29.0 Å². The Hall–Kier alpha value is -3.59. The lowest BCUT2D eigenvalue weighted by molar-refractivity contribution is -0.113. The third-order valence-electron chi connectivity index (χ3n) is 6.20. The quantitative estimate of drug-likeness (QED) is 0.265. The van der Waals surface area contributed by atoms with Crippen LogP contribution in [-0.4, -0.2) is 63.1 Å². The van der Waals surface area contributed by atoms with Crippen molar-refractivity contribution < 1.29 is 18.0 Å². The smallest absolute Gasteiger partial charge is 0.251 e. The fourth-order valence-electron chi connectivity index (χ4n) is 4.21. The molecule has 2 aromatic carbocycles. The zero-order valence-corrected chi connectivity index (χ0v) is 23.8. The summed E-state index contributed by atoms with van der Waals surface area (Å²) in [6.45, 7) is 1.10. The molecule has 1 aliphatic rings. The highest BCUT2D eigenvalue weighted by Gasteiger charge is 2.26. The standard InChI is InChI=1S/C26H27N7O4S3/c34-23(29-25-27-13-16-38-25)18-39-26-31-30-22(33(26)20-7-3-1-4-8-20)17-28-24(35)19-9-11-21(12-10-19)40(36,37)32-14-5-2-6-15-32/h1,3-4,7-13,16H,2,5-6,14-15,17-18H2,(H,28,35)(H,27,29,34). The lowest BCUT2D eigenvalue weighted by atomic mass is 10.2. The van der Waals surface area contributed by atoms with E-state index in [9.17, 15) is 18.0 Å². The van der Waals surface area contributed by atoms with Crippen LogP contribution in [-0.2, 0) is 21.4 Å². The molecule has 1 aliphatic heterocycles. The predicted octanol–water partition coefficient (Wildman–Crippen LogP) is 3.56. The first-order valence-electron chi connectivity index (χ1n) is 12.6. The number of nitrogens with zero attached hydrogens (tertiary/aromatic N) is 5. The summed E-state index contributed by atoms with van der Waals surface area (Å²) in [5.41, 5.74) is 1.11. The average Bonchev–Trinajstić information content (AvgIpc) is 3.65. The highest BCUT2D eigenvalue weighted by atomic mass is 32.2. The van der Waals surface area contributed by atoms with Crippen LogP contribution in [0.15, 0.2) is 76.2 Å². The first-order chi connectivity index (χ1) is 19.4. The Balaban J connectivity index is 1.26. The maximum absolute atomic E-state index is 12.9. The van der Waals surface area contributed by atoms with Crippen molar-refractivity contribution in [2.24, 2.45) is 0 Å². The third kappa shape index (κ3) is 6.58. The zero-order chi connectivity index (χ0) is 28.0. The summed E-state index contributed by atoms with van der Waals surface area (Å²) in [6.07, 6.45) is 4.36. The van der Waals surface area contributed by atoms with E-state index in [4.69, 9.17) is 0 Å². The summed E-state index contributed by atoms with van der Waals surface area (Å²) >= 11 is 2.55. The first-order valence-corrected chi connectivity index (χ1v) is 15.9. The van der Waals surface area contributed by atoms with Crippen molar-refractivity contribution in [3.8, 4) is 5.69 Å². The minimum absolute atomic E-state index is 0.0699. The monoisotopic (exact) mass is 597 g/mol. The van der Waals surface area contributed by atoms with E-state index < -0.39 is 10.0 Å². The number of piperidine rings is 1. The molecule has 208 valence electrons. The molecular weight excluding hydrogens is 571 g/mol. The number of carbonyl (C=O) groups is 2. The maximum Gasteiger partial charge on any atom is 0.251 e.